The molecule has 0 bridgehead atoms. The van der Waals surface area contributed by atoms with Crippen molar-refractivity contribution in [3.8, 4) is 0 Å². The van der Waals surface area contributed by atoms with E-state index in [1.807, 2.05) is 0 Å². The Labute approximate surface area is 119 Å². The number of nitrogens with one attached hydrogen (secondary N) is 2. The molecular weight excluding hydrogens is 278 g/mol. The van der Waals surface area contributed by atoms with Crippen molar-refractivity contribution in [1.82, 2.24) is 4.72 Å². The fourth-order valence-electron chi connectivity index (χ4n) is 2.26. The molecule has 0 amide bonds. The van der Waals surface area contributed by atoms with E-state index >= 15 is 0 Å². The van der Waals surface area contributed by atoms with Crippen LogP contribution >= 0.6 is 0 Å². The van der Waals surface area contributed by atoms with E-state index in [0.717, 1.165) is 19.6 Å². The van der Waals surface area contributed by atoms with Gasteiger partial charge >= 0.3 is 0 Å². The number of ether oxygens (including phenoxy) is 1. The number of nitrogen functional groups attached to an aromatic ring is 1. The molecule has 0 aliphatic carbocycles. The van der Waals surface area contributed by atoms with Crippen LogP contribution in [0.2, 0.25) is 0 Å². The third-order valence-electron chi connectivity index (χ3n) is 3.66. The van der Waals surface area contributed by atoms with E-state index in [1.165, 1.54) is 13.1 Å². The molecule has 6 nitrogen and oxygen atoms in total. The van der Waals surface area contributed by atoms with Crippen LogP contribution in [0.3, 0.4) is 0 Å². The summed E-state index contributed by atoms with van der Waals surface area (Å²) in [6.07, 6.45) is 1.00. The highest BCUT2D eigenvalue weighted by molar-refractivity contribution is 7.89. The Kier molecular flexibility index (Phi) is 4.52. The predicted molar refractivity (Wildman–Crippen MR) is 79.1 cm³/mol. The number of benzene rings is 1. The van der Waals surface area contributed by atoms with Crippen molar-refractivity contribution in [3.63, 3.8) is 0 Å². The van der Waals surface area contributed by atoms with Crippen molar-refractivity contribution >= 4 is 21.4 Å². The molecule has 0 spiro atoms. The lowest BCUT2D eigenvalue weighted by molar-refractivity contribution is 0.183. The first-order chi connectivity index (χ1) is 9.44. The second-order valence-corrected chi connectivity index (χ2v) is 6.90. The second-order valence-electron chi connectivity index (χ2n) is 5.01. The van der Waals surface area contributed by atoms with Crippen LogP contribution in [0.25, 0.3) is 0 Å². The van der Waals surface area contributed by atoms with Gasteiger partial charge in [-0.15, -0.1) is 0 Å². The van der Waals surface area contributed by atoms with Crippen LogP contribution in [0.4, 0.5) is 11.4 Å². The van der Waals surface area contributed by atoms with Crippen molar-refractivity contribution in [1.29, 1.82) is 0 Å². The Morgan fingerprint density at radius 2 is 2.20 bits per heavy atom. The first kappa shape index (κ1) is 15.1. The number of rotatable bonds is 5. The van der Waals surface area contributed by atoms with Crippen molar-refractivity contribution in [3.05, 3.63) is 18.2 Å². The lowest BCUT2D eigenvalue weighted by Crippen LogP contribution is -2.27. The monoisotopic (exact) mass is 299 g/mol. The highest BCUT2D eigenvalue weighted by Crippen LogP contribution is 2.26. The Balaban J connectivity index is 2.20. The molecule has 4 N–H and O–H groups in total. The largest absolute Gasteiger partial charge is 0.397 e. The van der Waals surface area contributed by atoms with Crippen LogP contribution in [0.5, 0.6) is 0 Å². The van der Waals surface area contributed by atoms with Gasteiger partial charge in [0.05, 0.1) is 22.9 Å². The van der Waals surface area contributed by atoms with Crippen molar-refractivity contribution in [2.75, 3.05) is 31.3 Å². The minimum Gasteiger partial charge on any atom is -0.397 e. The standard InChI is InChI=1S/C13H21N3O3S/c1-9(10-5-6-19-8-10)16-13-7-11(3-4-12(13)14)20(17,18)15-2/h3-4,7,9-10,15-16H,5-6,8,14H2,1-2H3. The maximum Gasteiger partial charge on any atom is 0.240 e. The normalized spacial score (nSPS) is 20.8. The highest BCUT2D eigenvalue weighted by atomic mass is 32.2. The number of hydrogen-bond acceptors (Lipinski definition) is 5. The zero-order valence-electron chi connectivity index (χ0n) is 11.7. The van der Waals surface area contributed by atoms with Crippen LogP contribution < -0.4 is 15.8 Å². The lowest BCUT2D eigenvalue weighted by atomic mass is 10.0. The average Bonchev–Trinajstić information content (AvgIpc) is 2.95. The summed E-state index contributed by atoms with van der Waals surface area (Å²) in [5, 5.41) is 3.29. The molecule has 1 aliphatic rings. The SMILES string of the molecule is CNS(=O)(=O)c1ccc(N)c(NC(C)C2CCOC2)c1. The lowest BCUT2D eigenvalue weighted by Gasteiger charge is -2.22. The van der Waals surface area contributed by atoms with Gasteiger partial charge in [-0.1, -0.05) is 0 Å². The second kappa shape index (κ2) is 5.99. The van der Waals surface area contributed by atoms with Gasteiger partial charge in [0, 0.05) is 18.6 Å². The Bertz CT molecular complexity index is 568. The van der Waals surface area contributed by atoms with Gasteiger partial charge in [-0.25, -0.2) is 13.1 Å². The van der Waals surface area contributed by atoms with E-state index in [2.05, 4.69) is 17.0 Å². The Hall–Kier alpha value is -1.31. The first-order valence-corrected chi connectivity index (χ1v) is 8.09. The molecular formula is C13H21N3O3S. The molecule has 1 fully saturated rings. The molecule has 1 aromatic carbocycles. The first-order valence-electron chi connectivity index (χ1n) is 6.61. The third-order valence-corrected chi connectivity index (χ3v) is 5.07. The van der Waals surface area contributed by atoms with E-state index in [0.29, 0.717) is 17.3 Å². The van der Waals surface area contributed by atoms with Crippen molar-refractivity contribution in [2.24, 2.45) is 5.92 Å². The summed E-state index contributed by atoms with van der Waals surface area (Å²) in [6.45, 7) is 3.56. The molecule has 20 heavy (non-hydrogen) atoms. The predicted octanol–water partition coefficient (Wildman–Crippen LogP) is 1.01. The molecule has 7 heteroatoms. The average molecular weight is 299 g/mol. The Morgan fingerprint density at radius 1 is 1.45 bits per heavy atom. The topological polar surface area (TPSA) is 93.5 Å². The van der Waals surface area contributed by atoms with E-state index < -0.39 is 10.0 Å². The van der Waals surface area contributed by atoms with Crippen molar-refractivity contribution in [2.45, 2.75) is 24.3 Å². The van der Waals surface area contributed by atoms with Gasteiger partial charge in [0.1, 0.15) is 0 Å². The van der Waals surface area contributed by atoms with E-state index in [-0.39, 0.29) is 10.9 Å². The molecule has 1 saturated heterocycles. The molecule has 2 rings (SSSR count). The quantitative estimate of drug-likeness (QED) is 0.706. The summed E-state index contributed by atoms with van der Waals surface area (Å²) >= 11 is 0. The van der Waals surface area contributed by atoms with Gasteiger partial charge in [-0.3, -0.25) is 0 Å². The molecule has 1 aliphatic heterocycles. The summed E-state index contributed by atoms with van der Waals surface area (Å²) in [5.74, 6) is 0.416. The number of nitrogens with two attached hydrogens (primary N) is 1. The maximum atomic E-state index is 11.8. The highest BCUT2D eigenvalue weighted by Gasteiger charge is 2.23. The molecule has 0 radical (unpaired) electrons. The van der Waals surface area contributed by atoms with E-state index in [9.17, 15) is 8.42 Å². The number of hydrogen-bond donors (Lipinski definition) is 3. The van der Waals surface area contributed by atoms with Gasteiger partial charge in [-0.05, 0) is 38.6 Å². The molecule has 0 aromatic heterocycles. The summed E-state index contributed by atoms with van der Waals surface area (Å²) in [7, 11) is -2.08. The van der Waals surface area contributed by atoms with Gasteiger partial charge in [0.2, 0.25) is 10.0 Å². The molecule has 0 saturated carbocycles. The molecule has 2 atom stereocenters. The summed E-state index contributed by atoms with van der Waals surface area (Å²) in [5.41, 5.74) is 7.08. The Morgan fingerprint density at radius 3 is 2.80 bits per heavy atom. The number of anilines is 2. The fraction of sp³-hybridized carbons (Fsp3) is 0.538. The number of sulfonamides is 1. The summed E-state index contributed by atoms with van der Waals surface area (Å²) in [4.78, 5) is 0.201. The van der Waals surface area contributed by atoms with Crippen LogP contribution in [0.15, 0.2) is 23.1 Å². The smallest absolute Gasteiger partial charge is 0.240 e. The van der Waals surface area contributed by atoms with Crippen LogP contribution in [-0.4, -0.2) is 34.7 Å². The fourth-order valence-corrected chi connectivity index (χ4v) is 3.01. The summed E-state index contributed by atoms with van der Waals surface area (Å²) in [6, 6.07) is 4.83. The molecule has 1 aromatic rings. The van der Waals surface area contributed by atoms with Gasteiger partial charge in [0.25, 0.3) is 0 Å². The van der Waals surface area contributed by atoms with Gasteiger partial charge in [0.15, 0.2) is 0 Å². The van der Waals surface area contributed by atoms with Gasteiger partial charge < -0.3 is 15.8 Å². The molecule has 112 valence electrons. The van der Waals surface area contributed by atoms with Gasteiger partial charge in [-0.2, -0.15) is 0 Å². The third kappa shape index (κ3) is 3.23. The molecule has 2 unspecified atom stereocenters. The zero-order chi connectivity index (χ0) is 14.8. The summed E-state index contributed by atoms with van der Waals surface area (Å²) < 4.78 is 31.3. The maximum absolute atomic E-state index is 11.8. The van der Waals surface area contributed by atoms with Crippen LogP contribution in [0.1, 0.15) is 13.3 Å². The minimum absolute atomic E-state index is 0.173. The zero-order valence-corrected chi connectivity index (χ0v) is 12.5. The van der Waals surface area contributed by atoms with E-state index in [1.54, 1.807) is 12.1 Å². The van der Waals surface area contributed by atoms with Crippen LogP contribution in [0, 0.1) is 5.92 Å². The van der Waals surface area contributed by atoms with E-state index in [4.69, 9.17) is 10.5 Å². The molecule has 1 heterocycles. The minimum atomic E-state index is -3.46. The van der Waals surface area contributed by atoms with Crippen LogP contribution in [-0.2, 0) is 14.8 Å². The van der Waals surface area contributed by atoms with Crippen molar-refractivity contribution < 1.29 is 13.2 Å².